The van der Waals surface area contributed by atoms with Crippen LogP contribution in [0, 0.1) is 0 Å². The number of carbonyl (C=O) groups is 1. The molecule has 1 amide bonds. The van der Waals surface area contributed by atoms with Gasteiger partial charge in [-0.05, 0) is 37.5 Å². The highest BCUT2D eigenvalue weighted by Gasteiger charge is 2.35. The number of nitrogens with zero attached hydrogens (tertiary/aromatic N) is 2. The average molecular weight is 397 g/mol. The van der Waals surface area contributed by atoms with E-state index in [1.807, 2.05) is 18.2 Å². The Morgan fingerprint density at radius 2 is 1.89 bits per heavy atom. The lowest BCUT2D eigenvalue weighted by molar-refractivity contribution is -0.133. The van der Waals surface area contributed by atoms with Crippen LogP contribution in [-0.2, 0) is 21.2 Å². The zero-order chi connectivity index (χ0) is 19.6. The molecule has 150 valence electrons. The van der Waals surface area contributed by atoms with E-state index in [1.165, 1.54) is 0 Å². The van der Waals surface area contributed by atoms with E-state index < -0.39 is 9.84 Å². The van der Waals surface area contributed by atoms with Gasteiger partial charge in [0.15, 0.2) is 9.84 Å². The van der Waals surface area contributed by atoms with Gasteiger partial charge in [-0.1, -0.05) is 0 Å². The topological polar surface area (TPSA) is 76.2 Å². The van der Waals surface area contributed by atoms with Crippen molar-refractivity contribution >= 4 is 15.7 Å². The van der Waals surface area contributed by atoms with Gasteiger partial charge in [0, 0.05) is 31.2 Å². The molecule has 1 aromatic carbocycles. The maximum atomic E-state index is 12.8. The Bertz CT molecular complexity index is 791. The summed E-state index contributed by atoms with van der Waals surface area (Å²) < 4.78 is 34.2. The third-order valence-corrected chi connectivity index (χ3v) is 7.16. The first-order valence-corrected chi connectivity index (χ1v) is 11.1. The molecule has 1 heterocycles. The molecule has 0 N–H and O–H groups in total. The summed E-state index contributed by atoms with van der Waals surface area (Å²) in [5.41, 5.74) is 0.975. The highest BCUT2D eigenvalue weighted by atomic mass is 32.2. The molecule has 0 radical (unpaired) electrons. The molecule has 7 nitrogen and oxygen atoms in total. The number of amides is 1. The van der Waals surface area contributed by atoms with Crippen LogP contribution < -0.4 is 9.47 Å². The minimum absolute atomic E-state index is 0.0362. The van der Waals surface area contributed by atoms with Gasteiger partial charge in [0.1, 0.15) is 11.5 Å². The lowest BCUT2D eigenvalue weighted by Crippen LogP contribution is -2.44. The van der Waals surface area contributed by atoms with Crippen molar-refractivity contribution in [1.29, 1.82) is 0 Å². The third-order valence-electron chi connectivity index (χ3n) is 5.41. The summed E-state index contributed by atoms with van der Waals surface area (Å²) >= 11 is 0. The smallest absolute Gasteiger partial charge is 0.236 e. The molecule has 1 saturated carbocycles. The van der Waals surface area contributed by atoms with Crippen LogP contribution in [0.15, 0.2) is 18.2 Å². The van der Waals surface area contributed by atoms with Gasteiger partial charge in [-0.25, -0.2) is 8.42 Å². The average Bonchev–Trinajstić information content (AvgIpc) is 3.43. The van der Waals surface area contributed by atoms with Gasteiger partial charge in [-0.3, -0.25) is 9.69 Å². The Labute approximate surface area is 161 Å². The highest BCUT2D eigenvalue weighted by molar-refractivity contribution is 7.91. The first kappa shape index (κ1) is 19.9. The summed E-state index contributed by atoms with van der Waals surface area (Å²) in [5, 5.41) is 0. The van der Waals surface area contributed by atoms with Crippen LogP contribution in [0.4, 0.5) is 0 Å². The molecule has 1 aromatic rings. The summed E-state index contributed by atoms with van der Waals surface area (Å²) in [6.45, 7) is 0.867. The van der Waals surface area contributed by atoms with Crippen molar-refractivity contribution in [1.82, 2.24) is 9.80 Å². The van der Waals surface area contributed by atoms with E-state index in [4.69, 9.17) is 9.47 Å². The van der Waals surface area contributed by atoms with Crippen LogP contribution >= 0.6 is 0 Å². The third kappa shape index (κ3) is 4.93. The van der Waals surface area contributed by atoms with E-state index in [9.17, 15) is 13.2 Å². The Morgan fingerprint density at radius 3 is 2.44 bits per heavy atom. The van der Waals surface area contributed by atoms with E-state index in [0.717, 1.165) is 29.9 Å². The Balaban J connectivity index is 1.69. The van der Waals surface area contributed by atoms with Crippen LogP contribution in [0.25, 0.3) is 0 Å². The number of rotatable bonds is 8. The van der Waals surface area contributed by atoms with E-state index in [0.29, 0.717) is 19.0 Å². The quantitative estimate of drug-likeness (QED) is 0.660. The minimum Gasteiger partial charge on any atom is -0.497 e. The molecule has 1 atom stereocenters. The zero-order valence-electron chi connectivity index (χ0n) is 16.2. The Hall–Kier alpha value is -1.80. The van der Waals surface area contributed by atoms with Gasteiger partial charge in [0.2, 0.25) is 5.91 Å². The number of hydrogen-bond donors (Lipinski definition) is 0. The molecule has 27 heavy (non-hydrogen) atoms. The Kier molecular flexibility index (Phi) is 5.95. The molecule has 2 fully saturated rings. The van der Waals surface area contributed by atoms with E-state index in [-0.39, 0.29) is 30.0 Å². The number of sulfone groups is 1. The molecule has 0 bridgehead atoms. The predicted octanol–water partition coefficient (Wildman–Crippen LogP) is 1.31. The second-order valence-corrected chi connectivity index (χ2v) is 9.60. The van der Waals surface area contributed by atoms with Crippen molar-refractivity contribution in [3.63, 3.8) is 0 Å². The van der Waals surface area contributed by atoms with Crippen LogP contribution in [0.3, 0.4) is 0 Å². The van der Waals surface area contributed by atoms with Crippen molar-refractivity contribution in [2.24, 2.45) is 0 Å². The van der Waals surface area contributed by atoms with Gasteiger partial charge < -0.3 is 14.4 Å². The fourth-order valence-corrected chi connectivity index (χ4v) is 5.32. The molecule has 0 spiro atoms. The second-order valence-electron chi connectivity index (χ2n) is 7.38. The standard InChI is InChI=1S/C19H28N2O5S/c1-20(16-8-9-27(23,24)13-16)19(22)12-21(15-4-5-15)11-14-10-17(25-2)6-7-18(14)26-3/h6-7,10,15-16H,4-5,8-9,11-13H2,1-3H3/t16-/m1/s1. The van der Waals surface area contributed by atoms with Crippen molar-refractivity contribution in [2.75, 3.05) is 39.3 Å². The number of methoxy groups -OCH3 is 2. The van der Waals surface area contributed by atoms with Crippen molar-refractivity contribution in [3.05, 3.63) is 23.8 Å². The van der Waals surface area contributed by atoms with E-state index in [1.54, 1.807) is 26.2 Å². The molecule has 1 aliphatic heterocycles. The molecular weight excluding hydrogens is 368 g/mol. The van der Waals surface area contributed by atoms with Gasteiger partial charge in [0.05, 0.1) is 32.3 Å². The second kappa shape index (κ2) is 8.06. The molecular formula is C19H28N2O5S. The Morgan fingerprint density at radius 1 is 1.15 bits per heavy atom. The van der Waals surface area contributed by atoms with E-state index in [2.05, 4.69) is 4.90 Å². The first-order valence-electron chi connectivity index (χ1n) is 9.24. The van der Waals surface area contributed by atoms with Gasteiger partial charge in [-0.15, -0.1) is 0 Å². The normalized spacial score (nSPS) is 21.3. The zero-order valence-corrected chi connectivity index (χ0v) is 17.0. The fourth-order valence-electron chi connectivity index (χ4n) is 3.55. The maximum Gasteiger partial charge on any atom is 0.236 e. The lowest BCUT2D eigenvalue weighted by atomic mass is 10.1. The number of likely N-dealkylation sites (N-methyl/N-ethyl adjacent to an activating group) is 1. The molecule has 2 aliphatic rings. The summed E-state index contributed by atoms with van der Waals surface area (Å²) in [7, 11) is 1.96. The predicted molar refractivity (Wildman–Crippen MR) is 103 cm³/mol. The molecule has 1 saturated heterocycles. The van der Waals surface area contributed by atoms with Crippen LogP contribution in [0.2, 0.25) is 0 Å². The SMILES string of the molecule is COc1ccc(OC)c(CN(CC(=O)N(C)[C@@H]2CCS(=O)(=O)C2)C2CC2)c1. The van der Waals surface area contributed by atoms with Crippen molar-refractivity contribution in [3.8, 4) is 11.5 Å². The van der Waals surface area contributed by atoms with Crippen molar-refractivity contribution < 1.29 is 22.7 Å². The fraction of sp³-hybridized carbons (Fsp3) is 0.632. The number of hydrogen-bond acceptors (Lipinski definition) is 6. The molecule has 8 heteroatoms. The van der Waals surface area contributed by atoms with Crippen LogP contribution in [0.1, 0.15) is 24.8 Å². The van der Waals surface area contributed by atoms with Gasteiger partial charge in [-0.2, -0.15) is 0 Å². The van der Waals surface area contributed by atoms with Crippen molar-refractivity contribution in [2.45, 2.75) is 37.9 Å². The monoisotopic (exact) mass is 396 g/mol. The minimum atomic E-state index is -3.01. The number of benzene rings is 1. The molecule has 0 aromatic heterocycles. The summed E-state index contributed by atoms with van der Waals surface area (Å²) in [6.07, 6.45) is 2.67. The largest absolute Gasteiger partial charge is 0.497 e. The molecule has 3 rings (SSSR count). The lowest BCUT2D eigenvalue weighted by Gasteiger charge is -2.28. The summed E-state index contributed by atoms with van der Waals surface area (Å²) in [5.74, 6) is 1.72. The van der Waals surface area contributed by atoms with Crippen LogP contribution in [0.5, 0.6) is 11.5 Å². The van der Waals surface area contributed by atoms with Gasteiger partial charge in [0.25, 0.3) is 0 Å². The maximum absolute atomic E-state index is 12.8. The molecule has 0 unspecified atom stereocenters. The van der Waals surface area contributed by atoms with Gasteiger partial charge >= 0.3 is 0 Å². The number of ether oxygens (including phenoxy) is 2. The molecule has 1 aliphatic carbocycles. The summed E-state index contributed by atoms with van der Waals surface area (Å²) in [6, 6.07) is 5.83. The number of carbonyl (C=O) groups excluding carboxylic acids is 1. The van der Waals surface area contributed by atoms with Crippen LogP contribution in [-0.4, -0.2) is 75.5 Å². The first-order chi connectivity index (χ1) is 12.8. The highest BCUT2D eigenvalue weighted by Crippen LogP contribution is 2.32. The summed E-state index contributed by atoms with van der Waals surface area (Å²) in [4.78, 5) is 16.6. The van der Waals surface area contributed by atoms with E-state index >= 15 is 0 Å².